The van der Waals surface area contributed by atoms with Crippen molar-refractivity contribution >= 4 is 11.5 Å². The van der Waals surface area contributed by atoms with Crippen LogP contribution in [0.1, 0.15) is 17.1 Å². The van der Waals surface area contributed by atoms with E-state index in [9.17, 15) is 4.79 Å². The second-order valence-corrected chi connectivity index (χ2v) is 6.71. The summed E-state index contributed by atoms with van der Waals surface area (Å²) in [6, 6.07) is 17.6. The van der Waals surface area contributed by atoms with E-state index in [2.05, 4.69) is 14.3 Å². The molecule has 0 radical (unpaired) electrons. The van der Waals surface area contributed by atoms with Crippen molar-refractivity contribution in [2.24, 2.45) is 0 Å². The zero-order chi connectivity index (χ0) is 18.5. The van der Waals surface area contributed by atoms with Gasteiger partial charge in [-0.05, 0) is 29.8 Å². The highest BCUT2D eigenvalue weighted by molar-refractivity contribution is 7.02. The van der Waals surface area contributed by atoms with Crippen molar-refractivity contribution in [2.45, 2.75) is 12.8 Å². The number of nitrogens with zero attached hydrogens (tertiary/aromatic N) is 2. The summed E-state index contributed by atoms with van der Waals surface area (Å²) in [7, 11) is 0. The molecule has 2 aromatic carbocycles. The Morgan fingerprint density at radius 2 is 1.89 bits per heavy atom. The van der Waals surface area contributed by atoms with E-state index in [1.807, 2.05) is 54.6 Å². The molecule has 0 spiro atoms. The van der Waals surface area contributed by atoms with Crippen LogP contribution >= 0.6 is 11.5 Å². The van der Waals surface area contributed by atoms with E-state index < -0.39 is 0 Å². The lowest BCUT2D eigenvalue weighted by Crippen LogP contribution is -2.02. The number of ether oxygens (including phenoxy) is 1. The Labute approximate surface area is 159 Å². The lowest BCUT2D eigenvalue weighted by atomic mass is 10.1. The number of oxazole rings is 1. The summed E-state index contributed by atoms with van der Waals surface area (Å²) >= 11 is 0.937. The van der Waals surface area contributed by atoms with Crippen LogP contribution in [0.4, 0.5) is 0 Å². The van der Waals surface area contributed by atoms with Crippen molar-refractivity contribution < 1.29 is 9.15 Å². The molecule has 0 fully saturated rings. The molecule has 2 heterocycles. The van der Waals surface area contributed by atoms with Gasteiger partial charge in [-0.1, -0.05) is 30.3 Å². The molecule has 2 aromatic heterocycles. The number of rotatable bonds is 7. The molecule has 6 nitrogen and oxygen atoms in total. The van der Waals surface area contributed by atoms with Crippen molar-refractivity contribution in [3.63, 3.8) is 0 Å². The number of hydrogen-bond acceptors (Lipinski definition) is 6. The lowest BCUT2D eigenvalue weighted by Gasteiger charge is -2.05. The van der Waals surface area contributed by atoms with Crippen molar-refractivity contribution in [2.75, 3.05) is 6.61 Å². The fourth-order valence-electron chi connectivity index (χ4n) is 2.64. The fourth-order valence-corrected chi connectivity index (χ4v) is 3.11. The molecule has 0 saturated heterocycles. The highest BCUT2D eigenvalue weighted by atomic mass is 32.1. The van der Waals surface area contributed by atoms with Crippen molar-refractivity contribution in [3.8, 4) is 17.2 Å². The first kappa shape index (κ1) is 17.2. The smallest absolute Gasteiger partial charge is 0.323 e. The molecule has 1 N–H and O–H groups in total. The van der Waals surface area contributed by atoms with E-state index in [0.29, 0.717) is 31.2 Å². The minimum Gasteiger partial charge on any atom is -0.493 e. The van der Waals surface area contributed by atoms with Crippen molar-refractivity contribution in [3.05, 3.63) is 87.6 Å². The molecule has 0 amide bonds. The Bertz CT molecular complexity index is 1050. The highest BCUT2D eigenvalue weighted by Crippen LogP contribution is 2.19. The molecule has 4 rings (SSSR count). The van der Waals surface area contributed by atoms with Crippen LogP contribution in [0.5, 0.6) is 5.75 Å². The monoisotopic (exact) mass is 379 g/mol. The molecule has 136 valence electrons. The van der Waals surface area contributed by atoms with Gasteiger partial charge in [0.1, 0.15) is 17.8 Å². The maximum Gasteiger partial charge on any atom is 0.323 e. The molecule has 27 heavy (non-hydrogen) atoms. The van der Waals surface area contributed by atoms with Crippen LogP contribution < -0.4 is 9.61 Å². The van der Waals surface area contributed by atoms with Crippen LogP contribution in [-0.4, -0.2) is 20.9 Å². The quantitative estimate of drug-likeness (QED) is 0.529. The zero-order valence-electron chi connectivity index (χ0n) is 14.4. The van der Waals surface area contributed by atoms with Gasteiger partial charge in [-0.25, -0.2) is 4.98 Å². The van der Waals surface area contributed by atoms with Crippen molar-refractivity contribution in [1.29, 1.82) is 0 Å². The van der Waals surface area contributed by atoms with E-state index in [1.165, 1.54) is 0 Å². The highest BCUT2D eigenvalue weighted by Gasteiger charge is 2.07. The van der Waals surface area contributed by atoms with E-state index in [4.69, 9.17) is 9.15 Å². The third-order valence-corrected chi connectivity index (χ3v) is 4.56. The summed E-state index contributed by atoms with van der Waals surface area (Å²) in [5.74, 6) is 2.09. The molecule has 0 aliphatic rings. The van der Waals surface area contributed by atoms with Gasteiger partial charge in [0.15, 0.2) is 0 Å². The number of H-pyrrole nitrogens is 1. The third-order valence-electron chi connectivity index (χ3n) is 3.98. The summed E-state index contributed by atoms with van der Waals surface area (Å²) in [5, 5.41) is 0. The molecule has 0 atom stereocenters. The number of aromatic nitrogens is 3. The molecule has 7 heteroatoms. The topological polar surface area (TPSA) is 81.0 Å². The molecule has 0 saturated carbocycles. The summed E-state index contributed by atoms with van der Waals surface area (Å²) in [5.41, 5.74) is 2.88. The average molecular weight is 379 g/mol. The molecular weight excluding hydrogens is 362 g/mol. The largest absolute Gasteiger partial charge is 0.493 e. The molecular formula is C20H17N3O3S. The van der Waals surface area contributed by atoms with Gasteiger partial charge < -0.3 is 9.15 Å². The minimum atomic E-state index is -0.131. The lowest BCUT2D eigenvalue weighted by molar-refractivity contribution is 0.320. The molecule has 0 aliphatic carbocycles. The first-order valence-corrected chi connectivity index (χ1v) is 9.30. The molecule has 0 bridgehead atoms. The Morgan fingerprint density at radius 1 is 1.07 bits per heavy atom. The van der Waals surface area contributed by atoms with Crippen LogP contribution in [0.15, 0.2) is 70.1 Å². The number of benzene rings is 2. The van der Waals surface area contributed by atoms with Crippen molar-refractivity contribution in [1.82, 2.24) is 14.3 Å². The second kappa shape index (κ2) is 8.01. The van der Waals surface area contributed by atoms with E-state index in [0.717, 1.165) is 34.1 Å². The first-order valence-electron chi connectivity index (χ1n) is 8.53. The van der Waals surface area contributed by atoms with E-state index >= 15 is 0 Å². The zero-order valence-corrected chi connectivity index (χ0v) is 15.2. The standard InChI is InChI=1S/C20H17N3O3S/c24-20-22-18(23-27-20)12-14-6-8-17(9-7-14)25-11-10-16-13-26-19(21-16)15-4-2-1-3-5-15/h1-9,13H,10-12H2,(H,22,23,24). The predicted molar refractivity (Wildman–Crippen MR) is 103 cm³/mol. The third kappa shape index (κ3) is 4.51. The fraction of sp³-hybridized carbons (Fsp3) is 0.150. The second-order valence-electron chi connectivity index (χ2n) is 5.97. The molecule has 0 unspecified atom stereocenters. The Balaban J connectivity index is 1.29. The van der Waals surface area contributed by atoms with Gasteiger partial charge in [-0.3, -0.25) is 9.78 Å². The number of aromatic amines is 1. The van der Waals surface area contributed by atoms with Crippen LogP contribution in [0.3, 0.4) is 0 Å². The van der Waals surface area contributed by atoms with Crippen LogP contribution in [-0.2, 0) is 12.8 Å². The minimum absolute atomic E-state index is 0.131. The summed E-state index contributed by atoms with van der Waals surface area (Å²) in [6.07, 6.45) is 2.93. The Hall–Kier alpha value is -3.19. The predicted octanol–water partition coefficient (Wildman–Crippen LogP) is 3.70. The van der Waals surface area contributed by atoms with Crippen LogP contribution in [0, 0.1) is 0 Å². The van der Waals surface area contributed by atoms with E-state index in [-0.39, 0.29) is 4.87 Å². The van der Waals surface area contributed by atoms with Gasteiger partial charge >= 0.3 is 4.87 Å². The maximum absolute atomic E-state index is 11.1. The molecule has 4 aromatic rings. The Morgan fingerprint density at radius 3 is 2.63 bits per heavy atom. The van der Waals surface area contributed by atoms with Crippen LogP contribution in [0.2, 0.25) is 0 Å². The molecule has 0 aliphatic heterocycles. The van der Waals surface area contributed by atoms with Gasteiger partial charge in [0.2, 0.25) is 5.89 Å². The normalized spacial score (nSPS) is 10.8. The Kier molecular flexibility index (Phi) is 5.11. The SMILES string of the molecule is O=c1[nH]c(Cc2ccc(OCCc3coc(-c4ccccc4)n3)cc2)ns1. The summed E-state index contributed by atoms with van der Waals surface area (Å²) in [6.45, 7) is 0.513. The summed E-state index contributed by atoms with van der Waals surface area (Å²) in [4.78, 5) is 18.2. The number of hydrogen-bond donors (Lipinski definition) is 1. The van der Waals surface area contributed by atoms with Crippen LogP contribution in [0.25, 0.3) is 11.5 Å². The summed E-state index contributed by atoms with van der Waals surface area (Å²) < 4.78 is 15.4. The number of nitrogens with one attached hydrogen (secondary N) is 1. The first-order chi connectivity index (χ1) is 13.3. The van der Waals surface area contributed by atoms with Gasteiger partial charge in [0, 0.05) is 29.9 Å². The van der Waals surface area contributed by atoms with E-state index in [1.54, 1.807) is 6.26 Å². The van der Waals surface area contributed by atoms with Gasteiger partial charge in [-0.15, -0.1) is 0 Å². The average Bonchev–Trinajstić information content (AvgIpc) is 3.33. The maximum atomic E-state index is 11.1. The van der Waals surface area contributed by atoms with Gasteiger partial charge in [0.05, 0.1) is 12.3 Å². The van der Waals surface area contributed by atoms with Gasteiger partial charge in [0.25, 0.3) is 0 Å². The van der Waals surface area contributed by atoms with Gasteiger partial charge in [-0.2, -0.15) is 4.37 Å².